The number of hydrogen-bond acceptors (Lipinski definition) is 2. The van der Waals surface area contributed by atoms with Gasteiger partial charge in [-0.25, -0.2) is 0 Å². The molecule has 0 aliphatic rings. The Labute approximate surface area is 129 Å². The second-order valence-electron chi connectivity index (χ2n) is 5.05. The van der Waals surface area contributed by atoms with E-state index >= 15 is 0 Å². The number of benzene rings is 2. The quantitative estimate of drug-likeness (QED) is 0.911. The van der Waals surface area contributed by atoms with Crippen LogP contribution in [-0.2, 0) is 4.79 Å². The van der Waals surface area contributed by atoms with Gasteiger partial charge in [-0.2, -0.15) is 0 Å². The smallest absolute Gasteiger partial charge is 0.265 e. The second kappa shape index (κ2) is 6.64. The fourth-order valence-electron chi connectivity index (χ4n) is 1.83. The first-order valence-electron chi connectivity index (χ1n) is 6.76. The van der Waals surface area contributed by atoms with E-state index < -0.39 is 6.10 Å². The first-order valence-corrected chi connectivity index (χ1v) is 7.14. The van der Waals surface area contributed by atoms with Gasteiger partial charge < -0.3 is 10.1 Å². The topological polar surface area (TPSA) is 38.3 Å². The fourth-order valence-corrected chi connectivity index (χ4v) is 2.11. The Kier molecular flexibility index (Phi) is 4.86. The van der Waals surface area contributed by atoms with Crippen molar-refractivity contribution < 1.29 is 9.53 Å². The lowest BCUT2D eigenvalue weighted by atomic mass is 10.2. The van der Waals surface area contributed by atoms with E-state index in [1.54, 1.807) is 13.0 Å². The van der Waals surface area contributed by atoms with E-state index in [1.807, 2.05) is 50.2 Å². The van der Waals surface area contributed by atoms with Gasteiger partial charge >= 0.3 is 0 Å². The van der Waals surface area contributed by atoms with Crippen molar-refractivity contribution in [3.63, 3.8) is 0 Å². The number of aryl methyl sites for hydroxylation is 2. The largest absolute Gasteiger partial charge is 0.481 e. The maximum Gasteiger partial charge on any atom is 0.265 e. The molecule has 0 radical (unpaired) electrons. The minimum absolute atomic E-state index is 0.235. The average Bonchev–Trinajstić information content (AvgIpc) is 2.44. The predicted octanol–water partition coefficient (Wildman–Crippen LogP) is 4.36. The lowest BCUT2D eigenvalue weighted by Gasteiger charge is -2.15. The number of amides is 1. The summed E-state index contributed by atoms with van der Waals surface area (Å²) in [7, 11) is 0. The van der Waals surface area contributed by atoms with Crippen LogP contribution in [0.4, 0.5) is 5.69 Å². The number of halogens is 1. The molecule has 1 atom stereocenters. The van der Waals surface area contributed by atoms with Crippen LogP contribution in [0, 0.1) is 13.8 Å². The van der Waals surface area contributed by atoms with Crippen molar-refractivity contribution in [3.05, 3.63) is 58.6 Å². The Bertz CT molecular complexity index is 638. The minimum Gasteiger partial charge on any atom is -0.481 e. The maximum atomic E-state index is 12.1. The molecule has 2 aromatic carbocycles. The van der Waals surface area contributed by atoms with Crippen LogP contribution in [0.3, 0.4) is 0 Å². The lowest BCUT2D eigenvalue weighted by Crippen LogP contribution is -2.30. The van der Waals surface area contributed by atoms with Crippen LogP contribution in [0.5, 0.6) is 5.75 Å². The molecule has 0 unspecified atom stereocenters. The van der Waals surface area contributed by atoms with E-state index in [4.69, 9.17) is 16.3 Å². The van der Waals surface area contributed by atoms with Gasteiger partial charge in [0, 0.05) is 0 Å². The summed E-state index contributed by atoms with van der Waals surface area (Å²) in [5.41, 5.74) is 2.78. The minimum atomic E-state index is -0.606. The second-order valence-corrected chi connectivity index (χ2v) is 5.45. The molecular formula is C17H18ClNO2. The number of carbonyl (C=O) groups is 1. The number of ether oxygens (including phenoxy) is 1. The van der Waals surface area contributed by atoms with Crippen molar-refractivity contribution >= 4 is 23.2 Å². The number of carbonyl (C=O) groups excluding carboxylic acids is 1. The Balaban J connectivity index is 2.00. The van der Waals surface area contributed by atoms with E-state index in [-0.39, 0.29) is 5.91 Å². The molecule has 0 aliphatic carbocycles. The van der Waals surface area contributed by atoms with Gasteiger partial charge in [0.2, 0.25) is 0 Å². The molecule has 0 spiro atoms. The van der Waals surface area contributed by atoms with Gasteiger partial charge in [0.25, 0.3) is 5.91 Å². The monoisotopic (exact) mass is 303 g/mol. The summed E-state index contributed by atoms with van der Waals surface area (Å²) in [5.74, 6) is 0.430. The van der Waals surface area contributed by atoms with Crippen LogP contribution in [0.15, 0.2) is 42.5 Å². The molecule has 0 fully saturated rings. The summed E-state index contributed by atoms with van der Waals surface area (Å²) in [5, 5.41) is 3.29. The van der Waals surface area contributed by atoms with Crippen LogP contribution >= 0.6 is 11.6 Å². The van der Waals surface area contributed by atoms with Crippen LogP contribution in [0.1, 0.15) is 18.1 Å². The maximum absolute atomic E-state index is 12.1. The van der Waals surface area contributed by atoms with Gasteiger partial charge in [-0.1, -0.05) is 35.4 Å². The summed E-state index contributed by atoms with van der Waals surface area (Å²) in [6.45, 7) is 5.65. The van der Waals surface area contributed by atoms with E-state index in [2.05, 4.69) is 5.32 Å². The van der Waals surface area contributed by atoms with Crippen molar-refractivity contribution in [3.8, 4) is 5.75 Å². The van der Waals surface area contributed by atoms with Crippen molar-refractivity contribution in [1.82, 2.24) is 0 Å². The van der Waals surface area contributed by atoms with Gasteiger partial charge in [-0.3, -0.25) is 4.79 Å². The van der Waals surface area contributed by atoms with Crippen LogP contribution < -0.4 is 10.1 Å². The van der Waals surface area contributed by atoms with Gasteiger partial charge in [0.1, 0.15) is 5.75 Å². The van der Waals surface area contributed by atoms with Crippen molar-refractivity contribution in [2.45, 2.75) is 26.9 Å². The number of nitrogens with one attached hydrogen (secondary N) is 1. The normalized spacial score (nSPS) is 11.8. The van der Waals surface area contributed by atoms with Crippen LogP contribution in [0.2, 0.25) is 5.02 Å². The highest BCUT2D eigenvalue weighted by atomic mass is 35.5. The van der Waals surface area contributed by atoms with Crippen LogP contribution in [-0.4, -0.2) is 12.0 Å². The van der Waals surface area contributed by atoms with Gasteiger partial charge in [-0.05, 0) is 50.6 Å². The molecule has 0 saturated heterocycles. The van der Waals surface area contributed by atoms with Gasteiger partial charge in [0.15, 0.2) is 6.10 Å². The number of rotatable bonds is 4. The molecule has 110 valence electrons. The summed E-state index contributed by atoms with van der Waals surface area (Å²) < 4.78 is 5.61. The molecular weight excluding hydrogens is 286 g/mol. The van der Waals surface area contributed by atoms with E-state index in [0.717, 1.165) is 11.1 Å². The van der Waals surface area contributed by atoms with Gasteiger partial charge in [0.05, 0.1) is 10.7 Å². The molecule has 2 aromatic rings. The molecule has 1 N–H and O–H groups in total. The zero-order chi connectivity index (χ0) is 15.4. The first-order chi connectivity index (χ1) is 9.95. The molecule has 2 rings (SSSR count). The Morgan fingerprint density at radius 3 is 2.33 bits per heavy atom. The molecule has 0 saturated carbocycles. The van der Waals surface area contributed by atoms with Crippen molar-refractivity contribution in [2.24, 2.45) is 0 Å². The third-order valence-corrected chi connectivity index (χ3v) is 3.40. The molecule has 21 heavy (non-hydrogen) atoms. The van der Waals surface area contributed by atoms with Crippen molar-refractivity contribution in [1.29, 1.82) is 0 Å². The number of hydrogen-bond donors (Lipinski definition) is 1. The molecule has 4 heteroatoms. The standard InChI is InChI=1S/C17H18ClNO2/c1-11-4-7-14(8-5-11)21-13(3)17(20)19-16-9-6-12(2)10-15(16)18/h4-10,13H,1-3H3,(H,19,20)/t13-/m0/s1. The third kappa shape index (κ3) is 4.23. The zero-order valence-electron chi connectivity index (χ0n) is 12.3. The van der Waals surface area contributed by atoms with E-state index in [1.165, 1.54) is 0 Å². The predicted molar refractivity (Wildman–Crippen MR) is 86.1 cm³/mol. The summed E-state index contributed by atoms with van der Waals surface area (Å²) in [4.78, 5) is 12.1. The molecule has 0 heterocycles. The number of anilines is 1. The summed E-state index contributed by atoms with van der Waals surface area (Å²) in [6.07, 6.45) is -0.606. The zero-order valence-corrected chi connectivity index (χ0v) is 13.1. The Morgan fingerprint density at radius 2 is 1.71 bits per heavy atom. The molecule has 0 aromatic heterocycles. The van der Waals surface area contributed by atoms with E-state index in [0.29, 0.717) is 16.5 Å². The Hall–Kier alpha value is -2.00. The highest BCUT2D eigenvalue weighted by Gasteiger charge is 2.16. The summed E-state index contributed by atoms with van der Waals surface area (Å²) >= 11 is 6.10. The van der Waals surface area contributed by atoms with Crippen LogP contribution in [0.25, 0.3) is 0 Å². The SMILES string of the molecule is Cc1ccc(O[C@@H](C)C(=O)Nc2ccc(C)cc2Cl)cc1. The van der Waals surface area contributed by atoms with E-state index in [9.17, 15) is 4.79 Å². The van der Waals surface area contributed by atoms with Crippen molar-refractivity contribution in [2.75, 3.05) is 5.32 Å². The first kappa shape index (κ1) is 15.4. The molecule has 1 amide bonds. The average molecular weight is 304 g/mol. The molecule has 3 nitrogen and oxygen atoms in total. The summed E-state index contributed by atoms with van der Waals surface area (Å²) in [6, 6.07) is 13.1. The molecule has 0 bridgehead atoms. The lowest BCUT2D eigenvalue weighted by molar-refractivity contribution is -0.122. The third-order valence-electron chi connectivity index (χ3n) is 3.09. The van der Waals surface area contributed by atoms with Gasteiger partial charge in [-0.15, -0.1) is 0 Å². The fraction of sp³-hybridized carbons (Fsp3) is 0.235. The Morgan fingerprint density at radius 1 is 1.10 bits per heavy atom. The molecule has 0 aliphatic heterocycles. The highest BCUT2D eigenvalue weighted by molar-refractivity contribution is 6.33. The highest BCUT2D eigenvalue weighted by Crippen LogP contribution is 2.23.